The summed E-state index contributed by atoms with van der Waals surface area (Å²) in [4.78, 5) is 19.0. The van der Waals surface area contributed by atoms with Crippen LogP contribution in [-0.4, -0.2) is 59.4 Å². The van der Waals surface area contributed by atoms with E-state index in [4.69, 9.17) is 15.2 Å². The number of likely N-dealkylation sites (tertiary alicyclic amines) is 1. The van der Waals surface area contributed by atoms with Gasteiger partial charge in [-0.25, -0.2) is 9.97 Å². The molecule has 4 aromatic rings. The monoisotopic (exact) mass is 471 g/mol. The SMILES string of the molecule is Nc1ncc(-c2ccc(C3(c4noc(-c5ccc(C(O)N6CC(O)C6)nc5)n4)CCC3)cc2)cn1. The minimum atomic E-state index is -0.841. The molecule has 10 nitrogen and oxygen atoms in total. The van der Waals surface area contributed by atoms with Crippen LogP contribution in [-0.2, 0) is 5.41 Å². The lowest BCUT2D eigenvalue weighted by molar-refractivity contribution is -0.103. The van der Waals surface area contributed by atoms with Gasteiger partial charge in [-0.3, -0.25) is 9.88 Å². The van der Waals surface area contributed by atoms with Gasteiger partial charge in [0, 0.05) is 37.2 Å². The summed E-state index contributed by atoms with van der Waals surface area (Å²) in [5.41, 5.74) is 9.58. The van der Waals surface area contributed by atoms with Gasteiger partial charge in [0.15, 0.2) is 12.1 Å². The molecule has 0 amide bonds. The van der Waals surface area contributed by atoms with Crippen LogP contribution in [0.3, 0.4) is 0 Å². The van der Waals surface area contributed by atoms with Crippen LogP contribution in [0.2, 0.25) is 0 Å². The van der Waals surface area contributed by atoms with Crippen LogP contribution in [0.15, 0.2) is 59.5 Å². The molecule has 1 aromatic carbocycles. The van der Waals surface area contributed by atoms with Crippen LogP contribution in [0.25, 0.3) is 22.6 Å². The first kappa shape index (κ1) is 21.8. The van der Waals surface area contributed by atoms with Crippen molar-refractivity contribution in [1.29, 1.82) is 0 Å². The zero-order valence-electron chi connectivity index (χ0n) is 18.9. The van der Waals surface area contributed by atoms with E-state index in [9.17, 15) is 10.2 Å². The summed E-state index contributed by atoms with van der Waals surface area (Å²) in [6.45, 7) is 0.878. The number of anilines is 1. The lowest BCUT2D eigenvalue weighted by Crippen LogP contribution is -2.52. The van der Waals surface area contributed by atoms with Crippen molar-refractivity contribution in [3.05, 3.63) is 72.1 Å². The van der Waals surface area contributed by atoms with Crippen LogP contribution in [0.4, 0.5) is 5.95 Å². The number of rotatable bonds is 6. The number of pyridine rings is 1. The van der Waals surface area contributed by atoms with Gasteiger partial charge in [0.1, 0.15) is 0 Å². The molecule has 0 radical (unpaired) electrons. The Bertz CT molecular complexity index is 1310. The van der Waals surface area contributed by atoms with Crippen molar-refractivity contribution in [2.45, 2.75) is 37.0 Å². The van der Waals surface area contributed by atoms with E-state index in [1.807, 2.05) is 6.07 Å². The number of nitrogens with zero attached hydrogens (tertiary/aromatic N) is 6. The molecule has 1 unspecified atom stereocenters. The minimum absolute atomic E-state index is 0.253. The lowest BCUT2D eigenvalue weighted by atomic mass is 9.64. The molecule has 1 aliphatic heterocycles. The molecule has 6 rings (SSSR count). The van der Waals surface area contributed by atoms with Gasteiger partial charge in [-0.2, -0.15) is 4.98 Å². The average Bonchev–Trinajstić information content (AvgIpc) is 3.32. The molecule has 2 fully saturated rings. The standard InChI is InChI=1S/C25H25N7O3/c26-24-28-11-17(12-29-24)15-2-5-18(6-3-15)25(8-1-9-25)23-30-21(35-31-23)16-4-7-20(27-10-16)22(34)32-13-19(33)14-32/h2-7,10-12,19,22,33-34H,1,8-9,13-14H2,(H2,26,28,29). The van der Waals surface area contributed by atoms with Crippen molar-refractivity contribution in [2.75, 3.05) is 18.8 Å². The Labute approximate surface area is 201 Å². The quantitative estimate of drug-likeness (QED) is 0.383. The molecule has 1 aliphatic carbocycles. The highest BCUT2D eigenvalue weighted by Crippen LogP contribution is 2.48. The smallest absolute Gasteiger partial charge is 0.259 e. The molecule has 0 bridgehead atoms. The Hall–Kier alpha value is -3.73. The summed E-state index contributed by atoms with van der Waals surface area (Å²) in [7, 11) is 0. The topological polar surface area (TPSA) is 147 Å². The first-order valence-electron chi connectivity index (χ1n) is 11.6. The molecule has 0 spiro atoms. The maximum atomic E-state index is 10.4. The normalized spacial score (nSPS) is 18.6. The molecule has 10 heteroatoms. The fraction of sp³-hybridized carbons (Fsp3) is 0.320. The predicted molar refractivity (Wildman–Crippen MR) is 127 cm³/mol. The number of hydrogen-bond acceptors (Lipinski definition) is 10. The van der Waals surface area contributed by atoms with Crippen molar-refractivity contribution in [3.8, 4) is 22.6 Å². The second kappa shape index (κ2) is 8.49. The van der Waals surface area contributed by atoms with E-state index in [0.29, 0.717) is 36.1 Å². The Balaban J connectivity index is 1.22. The molecular weight excluding hydrogens is 446 g/mol. The fourth-order valence-electron chi connectivity index (χ4n) is 4.73. The Morgan fingerprint density at radius 1 is 0.943 bits per heavy atom. The number of nitrogens with two attached hydrogens (primary N) is 1. The third-order valence-corrected chi connectivity index (χ3v) is 7.04. The second-order valence-electron chi connectivity index (χ2n) is 9.22. The van der Waals surface area contributed by atoms with E-state index in [-0.39, 0.29) is 17.5 Å². The Kier molecular flexibility index (Phi) is 5.28. The highest BCUT2D eigenvalue weighted by Gasteiger charge is 2.44. The van der Waals surface area contributed by atoms with Crippen molar-refractivity contribution < 1.29 is 14.7 Å². The van der Waals surface area contributed by atoms with Crippen LogP contribution in [0.1, 0.15) is 42.6 Å². The number of benzene rings is 1. The maximum Gasteiger partial charge on any atom is 0.259 e. The highest BCUT2D eigenvalue weighted by molar-refractivity contribution is 5.63. The number of aromatic nitrogens is 5. The molecule has 1 saturated carbocycles. The maximum absolute atomic E-state index is 10.4. The van der Waals surface area contributed by atoms with Crippen molar-refractivity contribution in [1.82, 2.24) is 30.0 Å². The fourth-order valence-corrected chi connectivity index (χ4v) is 4.73. The average molecular weight is 472 g/mol. The third-order valence-electron chi connectivity index (χ3n) is 7.04. The van der Waals surface area contributed by atoms with Crippen molar-refractivity contribution >= 4 is 5.95 Å². The van der Waals surface area contributed by atoms with Gasteiger partial charge < -0.3 is 20.5 Å². The molecule has 1 saturated heterocycles. The van der Waals surface area contributed by atoms with Crippen molar-refractivity contribution in [3.63, 3.8) is 0 Å². The molecule has 35 heavy (non-hydrogen) atoms. The Morgan fingerprint density at radius 2 is 1.63 bits per heavy atom. The zero-order chi connectivity index (χ0) is 24.0. The molecule has 178 valence electrons. The molecule has 4 heterocycles. The first-order chi connectivity index (χ1) is 17.0. The number of hydrogen-bond donors (Lipinski definition) is 3. The van der Waals surface area contributed by atoms with Gasteiger partial charge >= 0.3 is 0 Å². The molecule has 2 aliphatic rings. The lowest BCUT2D eigenvalue weighted by Gasteiger charge is -2.39. The van der Waals surface area contributed by atoms with Gasteiger partial charge in [0.25, 0.3) is 5.89 Å². The van der Waals surface area contributed by atoms with Crippen LogP contribution >= 0.6 is 0 Å². The summed E-state index contributed by atoms with van der Waals surface area (Å²) < 4.78 is 5.62. The van der Waals surface area contributed by atoms with Crippen molar-refractivity contribution in [2.24, 2.45) is 0 Å². The van der Waals surface area contributed by atoms with Gasteiger partial charge in [0.05, 0.1) is 22.8 Å². The van der Waals surface area contributed by atoms with Crippen LogP contribution < -0.4 is 5.73 Å². The summed E-state index contributed by atoms with van der Waals surface area (Å²) in [5, 5.41) is 24.2. The number of aliphatic hydroxyl groups is 2. The summed E-state index contributed by atoms with van der Waals surface area (Å²) in [6, 6.07) is 11.9. The van der Waals surface area contributed by atoms with E-state index in [1.165, 1.54) is 0 Å². The predicted octanol–water partition coefficient (Wildman–Crippen LogP) is 2.31. The number of nitrogen functional groups attached to an aromatic ring is 1. The van der Waals surface area contributed by atoms with E-state index < -0.39 is 6.23 Å². The van der Waals surface area contributed by atoms with E-state index >= 15 is 0 Å². The second-order valence-corrected chi connectivity index (χ2v) is 9.22. The van der Waals surface area contributed by atoms with E-state index in [1.54, 1.807) is 29.6 Å². The van der Waals surface area contributed by atoms with Gasteiger partial charge in [-0.15, -0.1) is 0 Å². The van der Waals surface area contributed by atoms with Gasteiger partial charge in [-0.05, 0) is 36.1 Å². The van der Waals surface area contributed by atoms with Gasteiger partial charge in [-0.1, -0.05) is 35.8 Å². The number of β-amino-alcohol motifs (C(OH)–C–C–N with tert-alkyl or cyclic N) is 1. The van der Waals surface area contributed by atoms with Crippen LogP contribution in [0, 0.1) is 0 Å². The summed E-state index contributed by atoms with van der Waals surface area (Å²) in [5.74, 6) is 1.32. The minimum Gasteiger partial charge on any atom is -0.390 e. The molecule has 1 atom stereocenters. The molecule has 4 N–H and O–H groups in total. The summed E-state index contributed by atoms with van der Waals surface area (Å²) in [6.07, 6.45) is 6.82. The van der Waals surface area contributed by atoms with Crippen LogP contribution in [0.5, 0.6) is 0 Å². The molecular formula is C25H25N7O3. The van der Waals surface area contributed by atoms with E-state index in [0.717, 1.165) is 36.0 Å². The largest absolute Gasteiger partial charge is 0.390 e. The van der Waals surface area contributed by atoms with Gasteiger partial charge in [0.2, 0.25) is 5.95 Å². The first-order valence-corrected chi connectivity index (χ1v) is 11.6. The Morgan fingerprint density at radius 3 is 2.23 bits per heavy atom. The molecule has 3 aromatic heterocycles. The highest BCUT2D eigenvalue weighted by atomic mass is 16.5. The number of aliphatic hydroxyl groups excluding tert-OH is 2. The third kappa shape index (κ3) is 3.85. The zero-order valence-corrected chi connectivity index (χ0v) is 18.9. The van der Waals surface area contributed by atoms with E-state index in [2.05, 4.69) is 44.4 Å². The summed E-state index contributed by atoms with van der Waals surface area (Å²) >= 11 is 0.